The number of thioether (sulfide) groups is 1. The van der Waals surface area contributed by atoms with Crippen LogP contribution in [0.5, 0.6) is 0 Å². The lowest BCUT2D eigenvalue weighted by Crippen LogP contribution is -2.30. The van der Waals surface area contributed by atoms with Crippen molar-refractivity contribution in [2.24, 2.45) is 4.99 Å². The van der Waals surface area contributed by atoms with Gasteiger partial charge in [0, 0.05) is 5.75 Å². The maximum absolute atomic E-state index is 13.8. The molecule has 0 radical (unpaired) electrons. The summed E-state index contributed by atoms with van der Waals surface area (Å²) in [5, 5.41) is 3.98. The highest BCUT2D eigenvalue weighted by Gasteiger charge is 2.26. The van der Waals surface area contributed by atoms with E-state index in [1.807, 2.05) is 13.0 Å². The average molecular weight is 266 g/mol. The van der Waals surface area contributed by atoms with Crippen LogP contribution in [0.2, 0.25) is 0 Å². The summed E-state index contributed by atoms with van der Waals surface area (Å²) in [4.78, 5) is 4.71. The molecule has 2 nitrogen and oxygen atoms in total. The van der Waals surface area contributed by atoms with Crippen LogP contribution in [0, 0.1) is 12.7 Å². The Balaban J connectivity index is 2.24. The minimum Gasteiger partial charge on any atom is -0.332 e. The summed E-state index contributed by atoms with van der Waals surface area (Å²) in [5.41, 5.74) is 1.44. The van der Waals surface area contributed by atoms with Crippen molar-refractivity contribution in [3.63, 3.8) is 0 Å². The van der Waals surface area contributed by atoms with Crippen molar-refractivity contribution in [3.8, 4) is 0 Å². The molecule has 1 heterocycles. The number of hydrogen-bond acceptors (Lipinski definition) is 3. The molecule has 98 valence electrons. The fourth-order valence-electron chi connectivity index (χ4n) is 1.92. The summed E-state index contributed by atoms with van der Waals surface area (Å²) in [6.45, 7) is 6.20. The van der Waals surface area contributed by atoms with Crippen molar-refractivity contribution in [3.05, 3.63) is 29.6 Å². The van der Waals surface area contributed by atoms with Crippen molar-refractivity contribution in [1.82, 2.24) is 0 Å². The van der Waals surface area contributed by atoms with Gasteiger partial charge in [-0.05, 0) is 38.3 Å². The van der Waals surface area contributed by atoms with Crippen LogP contribution in [-0.4, -0.2) is 16.5 Å². The van der Waals surface area contributed by atoms with E-state index in [0.29, 0.717) is 5.69 Å². The number of nitrogens with one attached hydrogen (secondary N) is 1. The molecule has 1 aliphatic rings. The fourth-order valence-corrected chi connectivity index (χ4v) is 3.11. The smallest absolute Gasteiger partial charge is 0.161 e. The molecule has 0 fully saturated rings. The lowest BCUT2D eigenvalue weighted by molar-refractivity contribution is 0.443. The number of para-hydroxylation sites is 1. The van der Waals surface area contributed by atoms with Gasteiger partial charge in [0.25, 0.3) is 0 Å². The summed E-state index contributed by atoms with van der Waals surface area (Å²) < 4.78 is 13.8. The van der Waals surface area contributed by atoms with Gasteiger partial charge in [-0.3, -0.25) is 4.99 Å². The quantitative estimate of drug-likeness (QED) is 0.867. The predicted octanol–water partition coefficient (Wildman–Crippen LogP) is 4.21. The Kier molecular flexibility index (Phi) is 3.95. The van der Waals surface area contributed by atoms with Crippen LogP contribution in [0.15, 0.2) is 23.2 Å². The Hall–Kier alpha value is -1.03. The van der Waals surface area contributed by atoms with Gasteiger partial charge in [-0.2, -0.15) is 0 Å². The van der Waals surface area contributed by atoms with Crippen LogP contribution in [0.1, 0.15) is 32.3 Å². The third-order valence-corrected chi connectivity index (χ3v) is 4.34. The maximum atomic E-state index is 13.8. The highest BCUT2D eigenvalue weighted by molar-refractivity contribution is 8.14. The second-order valence-electron chi connectivity index (χ2n) is 4.92. The van der Waals surface area contributed by atoms with E-state index in [9.17, 15) is 4.39 Å². The van der Waals surface area contributed by atoms with Gasteiger partial charge in [0.2, 0.25) is 0 Å². The number of anilines is 1. The van der Waals surface area contributed by atoms with Gasteiger partial charge in [-0.1, -0.05) is 30.8 Å². The Morgan fingerprint density at radius 3 is 2.94 bits per heavy atom. The highest BCUT2D eigenvalue weighted by atomic mass is 32.2. The van der Waals surface area contributed by atoms with Gasteiger partial charge in [0.15, 0.2) is 5.17 Å². The first-order valence-corrected chi connectivity index (χ1v) is 7.27. The third kappa shape index (κ3) is 2.86. The summed E-state index contributed by atoms with van der Waals surface area (Å²) in [6, 6.07) is 5.10. The number of amidine groups is 1. The highest BCUT2D eigenvalue weighted by Crippen LogP contribution is 2.30. The number of rotatable bonds is 2. The molecule has 1 unspecified atom stereocenters. The number of nitrogens with zero attached hydrogens (tertiary/aromatic N) is 1. The molecule has 0 bridgehead atoms. The zero-order valence-electron chi connectivity index (χ0n) is 11.1. The fraction of sp³-hybridized carbons (Fsp3) is 0.500. The summed E-state index contributed by atoms with van der Waals surface area (Å²) in [7, 11) is 0. The van der Waals surface area contributed by atoms with E-state index >= 15 is 0 Å². The monoisotopic (exact) mass is 266 g/mol. The first kappa shape index (κ1) is 13.4. The van der Waals surface area contributed by atoms with Gasteiger partial charge in [0.05, 0.1) is 11.2 Å². The molecule has 0 aliphatic carbocycles. The van der Waals surface area contributed by atoms with Crippen LogP contribution in [0.4, 0.5) is 10.1 Å². The molecule has 1 N–H and O–H groups in total. The molecular formula is C14H19FN2S. The molecule has 0 saturated heterocycles. The molecule has 1 atom stereocenters. The third-order valence-electron chi connectivity index (χ3n) is 3.47. The molecule has 1 aromatic rings. The van der Waals surface area contributed by atoms with E-state index in [1.165, 1.54) is 6.07 Å². The average Bonchev–Trinajstić information content (AvgIpc) is 2.34. The Morgan fingerprint density at radius 1 is 1.50 bits per heavy atom. The van der Waals surface area contributed by atoms with Gasteiger partial charge in [0.1, 0.15) is 5.82 Å². The van der Waals surface area contributed by atoms with Crippen LogP contribution >= 0.6 is 11.8 Å². The second kappa shape index (κ2) is 5.31. The van der Waals surface area contributed by atoms with Gasteiger partial charge in [-0.25, -0.2) is 4.39 Å². The Labute approximate surface area is 112 Å². The first-order valence-electron chi connectivity index (χ1n) is 6.29. The predicted molar refractivity (Wildman–Crippen MR) is 78.0 cm³/mol. The summed E-state index contributed by atoms with van der Waals surface area (Å²) in [5.74, 6) is 0.811. The van der Waals surface area contributed by atoms with E-state index in [2.05, 4.69) is 19.2 Å². The molecular weight excluding hydrogens is 247 g/mol. The van der Waals surface area contributed by atoms with Crippen LogP contribution in [-0.2, 0) is 0 Å². The zero-order chi connectivity index (χ0) is 13.2. The summed E-state index contributed by atoms with van der Waals surface area (Å²) >= 11 is 1.67. The van der Waals surface area contributed by atoms with E-state index < -0.39 is 0 Å². The van der Waals surface area contributed by atoms with Crippen LogP contribution in [0.3, 0.4) is 0 Å². The molecule has 2 rings (SSSR count). The molecule has 4 heteroatoms. The largest absolute Gasteiger partial charge is 0.332 e. The molecule has 18 heavy (non-hydrogen) atoms. The molecule has 0 amide bonds. The van der Waals surface area contributed by atoms with E-state index in [1.54, 1.807) is 17.8 Å². The number of halogens is 1. The van der Waals surface area contributed by atoms with Crippen LogP contribution in [0.25, 0.3) is 0 Å². The lowest BCUT2D eigenvalue weighted by atomic mass is 9.97. The number of aryl methyl sites for hydroxylation is 1. The standard InChI is InChI=1S/C14H19FN2S/c1-4-14(3)8-9-18-13(17-14)16-12-10(2)6-5-7-11(12)15/h5-7H,4,8-9H2,1-3H3,(H,16,17). The van der Waals surface area contributed by atoms with Crippen molar-refractivity contribution in [2.45, 2.75) is 39.2 Å². The molecule has 0 spiro atoms. The summed E-state index contributed by atoms with van der Waals surface area (Å²) in [6.07, 6.45) is 2.09. The van der Waals surface area contributed by atoms with Crippen molar-refractivity contribution in [2.75, 3.05) is 11.1 Å². The van der Waals surface area contributed by atoms with Crippen molar-refractivity contribution in [1.29, 1.82) is 0 Å². The number of hydrogen-bond donors (Lipinski definition) is 1. The van der Waals surface area contributed by atoms with Gasteiger partial charge < -0.3 is 5.32 Å². The first-order chi connectivity index (χ1) is 8.54. The van der Waals surface area contributed by atoms with Gasteiger partial charge in [-0.15, -0.1) is 0 Å². The van der Waals surface area contributed by atoms with Crippen molar-refractivity contribution < 1.29 is 4.39 Å². The minimum atomic E-state index is -0.220. The minimum absolute atomic E-state index is 0.00720. The number of benzene rings is 1. The molecule has 1 aliphatic heterocycles. The zero-order valence-corrected chi connectivity index (χ0v) is 11.9. The SMILES string of the molecule is CCC1(C)CCSC(Nc2c(C)cccc2F)=N1. The molecule has 0 aromatic heterocycles. The lowest BCUT2D eigenvalue weighted by Gasteiger charge is -2.29. The van der Waals surface area contributed by atoms with Gasteiger partial charge >= 0.3 is 0 Å². The van der Waals surface area contributed by atoms with Crippen LogP contribution < -0.4 is 5.32 Å². The van der Waals surface area contributed by atoms with E-state index in [-0.39, 0.29) is 11.4 Å². The molecule has 1 aromatic carbocycles. The topological polar surface area (TPSA) is 24.4 Å². The number of aliphatic imine (C=N–C) groups is 1. The Morgan fingerprint density at radius 2 is 2.28 bits per heavy atom. The Bertz CT molecular complexity index is 453. The van der Waals surface area contributed by atoms with E-state index in [4.69, 9.17) is 4.99 Å². The van der Waals surface area contributed by atoms with E-state index in [0.717, 1.165) is 29.3 Å². The maximum Gasteiger partial charge on any atom is 0.161 e. The normalized spacial score (nSPS) is 23.7. The molecule has 0 saturated carbocycles. The van der Waals surface area contributed by atoms with Crippen molar-refractivity contribution >= 4 is 22.6 Å². The second-order valence-corrected chi connectivity index (χ2v) is 6.01.